The van der Waals surface area contributed by atoms with E-state index in [1.807, 2.05) is 42.2 Å². The molecule has 1 amide bonds. The van der Waals surface area contributed by atoms with Crippen LogP contribution in [0.3, 0.4) is 0 Å². The third-order valence-electron chi connectivity index (χ3n) is 4.83. The second-order valence-electron chi connectivity index (χ2n) is 6.43. The Kier molecular flexibility index (Phi) is 4.22. The van der Waals surface area contributed by atoms with Gasteiger partial charge in [0.05, 0.1) is 4.91 Å². The number of carbonyl (C=O) groups is 1. The van der Waals surface area contributed by atoms with Crippen LogP contribution in [0.5, 0.6) is 5.75 Å². The topological polar surface area (TPSA) is 29.5 Å². The predicted molar refractivity (Wildman–Crippen MR) is 102 cm³/mol. The highest BCUT2D eigenvalue weighted by Gasteiger charge is 2.38. The predicted octanol–water partition coefficient (Wildman–Crippen LogP) is 4.54. The number of thioether (sulfide) groups is 1. The second-order valence-corrected chi connectivity index (χ2v) is 8.11. The van der Waals surface area contributed by atoms with Crippen molar-refractivity contribution < 1.29 is 9.53 Å². The Balaban J connectivity index is 1.63. The van der Waals surface area contributed by atoms with Gasteiger partial charge in [0.15, 0.2) is 0 Å². The minimum atomic E-state index is -0.0742. The summed E-state index contributed by atoms with van der Waals surface area (Å²) in [5.74, 6) is 0.949. The number of hydrogen-bond donors (Lipinski definition) is 0. The van der Waals surface area contributed by atoms with Gasteiger partial charge in [-0.15, -0.1) is 0 Å². The lowest BCUT2D eigenvalue weighted by molar-refractivity contribution is -0.123. The quantitative estimate of drug-likeness (QED) is 0.574. The lowest BCUT2D eigenvalue weighted by Gasteiger charge is -2.23. The molecule has 124 valence electrons. The van der Waals surface area contributed by atoms with Crippen LogP contribution in [0, 0.1) is 0 Å². The fourth-order valence-corrected chi connectivity index (χ4v) is 4.93. The number of para-hydroxylation sites is 1. The molecule has 4 rings (SSSR count). The van der Waals surface area contributed by atoms with Gasteiger partial charge in [-0.1, -0.05) is 55.0 Å². The third kappa shape index (κ3) is 2.80. The minimum Gasteiger partial charge on any atom is -0.485 e. The first-order chi connectivity index (χ1) is 11.6. The molecule has 1 atom stereocenters. The zero-order valence-corrected chi connectivity index (χ0v) is 15.2. The lowest BCUT2D eigenvalue weighted by Crippen LogP contribution is -2.36. The molecule has 0 spiro atoms. The molecule has 5 heteroatoms. The number of hydrogen-bond acceptors (Lipinski definition) is 4. The summed E-state index contributed by atoms with van der Waals surface area (Å²) in [6, 6.07) is 8.25. The van der Waals surface area contributed by atoms with Crippen LogP contribution in [-0.2, 0) is 4.79 Å². The summed E-state index contributed by atoms with van der Waals surface area (Å²) in [6.07, 6.45) is 8.49. The molecule has 1 saturated carbocycles. The van der Waals surface area contributed by atoms with Crippen molar-refractivity contribution in [1.82, 2.24) is 4.90 Å². The Morgan fingerprint density at radius 1 is 1.29 bits per heavy atom. The Morgan fingerprint density at radius 2 is 2.04 bits per heavy atom. The monoisotopic (exact) mass is 357 g/mol. The number of benzene rings is 1. The van der Waals surface area contributed by atoms with E-state index in [0.29, 0.717) is 9.23 Å². The number of ether oxygens (including phenoxy) is 1. The van der Waals surface area contributed by atoms with Gasteiger partial charge >= 0.3 is 0 Å². The summed E-state index contributed by atoms with van der Waals surface area (Å²) in [6.45, 7) is 2.01. The maximum atomic E-state index is 12.8. The molecule has 0 N–H and O–H groups in total. The zero-order valence-electron chi connectivity index (χ0n) is 13.5. The van der Waals surface area contributed by atoms with Gasteiger partial charge in [0.25, 0.3) is 5.91 Å². The minimum absolute atomic E-state index is 0.0591. The van der Waals surface area contributed by atoms with Crippen molar-refractivity contribution in [2.45, 2.75) is 44.8 Å². The molecule has 2 fully saturated rings. The molecule has 1 aromatic carbocycles. The number of rotatable bonds is 2. The second kappa shape index (κ2) is 6.37. The van der Waals surface area contributed by atoms with E-state index in [1.165, 1.54) is 24.6 Å². The normalized spacial score (nSPS) is 25.9. The molecular formula is C19H19NO2S2. The van der Waals surface area contributed by atoms with Crippen molar-refractivity contribution in [1.29, 1.82) is 0 Å². The molecule has 0 radical (unpaired) electrons. The highest BCUT2D eigenvalue weighted by atomic mass is 32.2. The van der Waals surface area contributed by atoms with Gasteiger partial charge in [0, 0.05) is 11.6 Å². The Bertz CT molecular complexity index is 762. The van der Waals surface area contributed by atoms with Crippen molar-refractivity contribution in [3.05, 3.63) is 46.4 Å². The first-order valence-corrected chi connectivity index (χ1v) is 9.60. The summed E-state index contributed by atoms with van der Waals surface area (Å²) < 4.78 is 6.66. The molecule has 2 aliphatic heterocycles. The van der Waals surface area contributed by atoms with Crippen LogP contribution in [0.25, 0.3) is 6.08 Å². The highest BCUT2D eigenvalue weighted by Crippen LogP contribution is 2.39. The van der Waals surface area contributed by atoms with Gasteiger partial charge in [0.1, 0.15) is 16.2 Å². The molecule has 1 saturated heterocycles. The van der Waals surface area contributed by atoms with Gasteiger partial charge in [-0.25, -0.2) is 0 Å². The van der Waals surface area contributed by atoms with Gasteiger partial charge in [-0.2, -0.15) is 0 Å². The number of thiocarbonyl (C=S) groups is 1. The molecule has 1 aromatic rings. The average molecular weight is 358 g/mol. The molecule has 1 aliphatic carbocycles. The van der Waals surface area contributed by atoms with Crippen molar-refractivity contribution in [2.24, 2.45) is 0 Å². The first-order valence-electron chi connectivity index (χ1n) is 8.38. The molecule has 3 nitrogen and oxygen atoms in total. The molecular weight excluding hydrogens is 338 g/mol. The van der Waals surface area contributed by atoms with Crippen LogP contribution in [0.15, 0.2) is 40.8 Å². The smallest absolute Gasteiger partial charge is 0.266 e. The van der Waals surface area contributed by atoms with Gasteiger partial charge in [0.2, 0.25) is 0 Å². The van der Waals surface area contributed by atoms with E-state index in [9.17, 15) is 4.79 Å². The van der Waals surface area contributed by atoms with E-state index in [4.69, 9.17) is 17.0 Å². The molecule has 3 aliphatic rings. The molecule has 24 heavy (non-hydrogen) atoms. The van der Waals surface area contributed by atoms with Crippen LogP contribution >= 0.6 is 24.0 Å². The lowest BCUT2D eigenvalue weighted by atomic mass is 10.0. The van der Waals surface area contributed by atoms with Crippen LogP contribution < -0.4 is 4.74 Å². The third-order valence-corrected chi connectivity index (χ3v) is 6.16. The molecule has 0 unspecified atom stereocenters. The van der Waals surface area contributed by atoms with E-state index in [1.54, 1.807) is 0 Å². The zero-order chi connectivity index (χ0) is 16.7. The van der Waals surface area contributed by atoms with Gasteiger partial charge in [-0.05, 0) is 43.6 Å². The Morgan fingerprint density at radius 3 is 2.83 bits per heavy atom. The molecule has 0 aromatic heterocycles. The van der Waals surface area contributed by atoms with Crippen molar-refractivity contribution in [3.8, 4) is 5.75 Å². The van der Waals surface area contributed by atoms with Gasteiger partial charge in [-0.3, -0.25) is 9.69 Å². The maximum absolute atomic E-state index is 12.8. The number of amides is 1. The summed E-state index contributed by atoms with van der Waals surface area (Å²) in [5.41, 5.74) is 2.06. The number of fused-ring (bicyclic) bond motifs is 1. The van der Waals surface area contributed by atoms with E-state index in [-0.39, 0.29) is 18.1 Å². The van der Waals surface area contributed by atoms with Crippen LogP contribution in [0.4, 0.5) is 0 Å². The summed E-state index contributed by atoms with van der Waals surface area (Å²) in [5, 5.41) is 0. The maximum Gasteiger partial charge on any atom is 0.266 e. The Hall–Kier alpha value is -1.59. The van der Waals surface area contributed by atoms with Crippen LogP contribution in [0.1, 0.15) is 38.2 Å². The largest absolute Gasteiger partial charge is 0.485 e. The van der Waals surface area contributed by atoms with Crippen molar-refractivity contribution in [3.63, 3.8) is 0 Å². The average Bonchev–Trinajstić information content (AvgIpc) is 3.17. The van der Waals surface area contributed by atoms with Crippen molar-refractivity contribution >= 4 is 40.3 Å². The van der Waals surface area contributed by atoms with E-state index >= 15 is 0 Å². The first kappa shape index (κ1) is 15.9. The van der Waals surface area contributed by atoms with Crippen molar-refractivity contribution in [2.75, 3.05) is 0 Å². The summed E-state index contributed by atoms with van der Waals surface area (Å²) in [4.78, 5) is 15.4. The van der Waals surface area contributed by atoms with E-state index < -0.39 is 0 Å². The molecule has 2 heterocycles. The molecule has 0 bridgehead atoms. The van der Waals surface area contributed by atoms with E-state index in [0.717, 1.165) is 29.7 Å². The fourth-order valence-electron chi connectivity index (χ4n) is 3.53. The standard InChI is InChI=1S/C19H19NO2S2/c1-12-14(10-13-6-2-5-9-16(13)22-12)11-17-18(21)20(19(23)24-17)15-7-3-4-8-15/h2,5-6,9-12,15H,3-4,7-8H2,1H3/b17-11+/t12-/m0/s1. The van der Waals surface area contributed by atoms with Crippen LogP contribution in [0.2, 0.25) is 0 Å². The fraction of sp³-hybridized carbons (Fsp3) is 0.368. The number of carbonyl (C=O) groups excluding carboxylic acids is 1. The summed E-state index contributed by atoms with van der Waals surface area (Å²) in [7, 11) is 0. The Labute approximate surface area is 151 Å². The summed E-state index contributed by atoms with van der Waals surface area (Å²) >= 11 is 6.89. The number of nitrogens with zero attached hydrogens (tertiary/aromatic N) is 1. The highest BCUT2D eigenvalue weighted by molar-refractivity contribution is 8.26. The van der Waals surface area contributed by atoms with E-state index in [2.05, 4.69) is 6.08 Å². The van der Waals surface area contributed by atoms with Crippen LogP contribution in [-0.4, -0.2) is 27.3 Å². The van der Waals surface area contributed by atoms with Gasteiger partial charge < -0.3 is 4.74 Å². The SMILES string of the molecule is C[C@@H]1Oc2ccccc2C=C1/C=C1/SC(=S)N(C2CCCC2)C1=O.